The van der Waals surface area contributed by atoms with Crippen LogP contribution in [0.5, 0.6) is 0 Å². The summed E-state index contributed by atoms with van der Waals surface area (Å²) in [6.45, 7) is 4.29. The molecule has 4 aromatic carbocycles. The van der Waals surface area contributed by atoms with Gasteiger partial charge in [-0.05, 0) is 56.5 Å². The molecule has 1 nitrogen and oxygen atoms in total. The Morgan fingerprint density at radius 3 is 1.77 bits per heavy atom. The summed E-state index contributed by atoms with van der Waals surface area (Å²) >= 11 is 0. The minimum Gasteiger partial charge on any atom is -0.388 e. The zero-order valence-electron chi connectivity index (χ0n) is 14.9. The van der Waals surface area contributed by atoms with Crippen LogP contribution in [0.2, 0.25) is 0 Å². The second kappa shape index (κ2) is 6.89. The Labute approximate surface area is 154 Å². The lowest BCUT2D eigenvalue weighted by Gasteiger charge is -2.11. The van der Waals surface area contributed by atoms with E-state index in [0.29, 0.717) is 0 Å². The van der Waals surface area contributed by atoms with Gasteiger partial charge in [-0.3, -0.25) is 0 Å². The van der Waals surface area contributed by atoms with Gasteiger partial charge in [-0.15, -0.1) is 0 Å². The van der Waals surface area contributed by atoms with Crippen molar-refractivity contribution in [2.75, 3.05) is 7.05 Å². The van der Waals surface area contributed by atoms with E-state index < -0.39 is 0 Å². The summed E-state index contributed by atoms with van der Waals surface area (Å²) in [5.41, 5.74) is 4.35. The maximum Gasteiger partial charge on any atom is 0.0417 e. The lowest BCUT2D eigenvalue weighted by atomic mass is 9.99. The zero-order valence-corrected chi connectivity index (χ0v) is 14.9. The SMILES string of the molecule is C=C(/C=C(\NC)c1ccc2ccccc2c1)c1ccc2ccccc2c1. The van der Waals surface area contributed by atoms with Crippen LogP contribution in [0, 0.1) is 0 Å². The molecular weight excluding hydrogens is 314 g/mol. The van der Waals surface area contributed by atoms with Gasteiger partial charge < -0.3 is 5.32 Å². The Hall–Kier alpha value is -3.32. The predicted octanol–water partition coefficient (Wildman–Crippen LogP) is 6.27. The number of hydrogen-bond acceptors (Lipinski definition) is 1. The molecule has 0 fully saturated rings. The molecule has 26 heavy (non-hydrogen) atoms. The molecule has 4 aromatic rings. The molecule has 126 valence electrons. The third-order valence-corrected chi connectivity index (χ3v) is 4.77. The third kappa shape index (κ3) is 3.12. The van der Waals surface area contributed by atoms with Crippen molar-refractivity contribution >= 4 is 32.8 Å². The summed E-state index contributed by atoms with van der Waals surface area (Å²) < 4.78 is 0. The standard InChI is InChI=1S/C25H21N/c1-18(21-13-11-19-7-3-5-9-22(19)16-21)15-25(26-2)24-14-12-20-8-4-6-10-23(20)17-24/h3-17,26H,1H2,2H3/b25-15-. The van der Waals surface area contributed by atoms with Crippen molar-refractivity contribution in [1.82, 2.24) is 5.32 Å². The average molecular weight is 335 g/mol. The third-order valence-electron chi connectivity index (χ3n) is 4.77. The Morgan fingerprint density at radius 1 is 0.692 bits per heavy atom. The Kier molecular flexibility index (Phi) is 4.28. The van der Waals surface area contributed by atoms with Crippen molar-refractivity contribution in [3.05, 3.63) is 109 Å². The van der Waals surface area contributed by atoms with Crippen molar-refractivity contribution in [2.24, 2.45) is 0 Å². The molecule has 0 spiro atoms. The van der Waals surface area contributed by atoms with Crippen molar-refractivity contribution < 1.29 is 0 Å². The van der Waals surface area contributed by atoms with E-state index in [1.807, 2.05) is 7.05 Å². The van der Waals surface area contributed by atoms with E-state index in [1.165, 1.54) is 21.5 Å². The van der Waals surface area contributed by atoms with Gasteiger partial charge in [0.1, 0.15) is 0 Å². The maximum absolute atomic E-state index is 4.29. The van der Waals surface area contributed by atoms with Gasteiger partial charge in [0.2, 0.25) is 0 Å². The van der Waals surface area contributed by atoms with Crippen LogP contribution in [0.1, 0.15) is 11.1 Å². The molecule has 0 atom stereocenters. The lowest BCUT2D eigenvalue weighted by Crippen LogP contribution is -2.04. The number of nitrogens with one attached hydrogen (secondary N) is 1. The first-order chi connectivity index (χ1) is 12.7. The van der Waals surface area contributed by atoms with Gasteiger partial charge >= 0.3 is 0 Å². The molecule has 0 aliphatic carbocycles. The van der Waals surface area contributed by atoms with Gasteiger partial charge in [0, 0.05) is 12.7 Å². The monoisotopic (exact) mass is 335 g/mol. The fraction of sp³-hybridized carbons (Fsp3) is 0.0400. The molecule has 0 unspecified atom stereocenters. The quantitative estimate of drug-likeness (QED) is 0.434. The Bertz CT molecular complexity index is 1130. The molecular formula is C25H21N. The van der Waals surface area contributed by atoms with E-state index in [4.69, 9.17) is 0 Å². The second-order valence-corrected chi connectivity index (χ2v) is 6.46. The number of fused-ring (bicyclic) bond motifs is 2. The second-order valence-electron chi connectivity index (χ2n) is 6.46. The molecule has 0 aromatic heterocycles. The van der Waals surface area contributed by atoms with Crippen LogP contribution in [0.4, 0.5) is 0 Å². The molecule has 0 aliphatic rings. The Balaban J connectivity index is 1.71. The summed E-state index contributed by atoms with van der Waals surface area (Å²) in [4.78, 5) is 0. The smallest absolute Gasteiger partial charge is 0.0417 e. The van der Waals surface area contributed by atoms with Crippen LogP contribution < -0.4 is 5.32 Å². The van der Waals surface area contributed by atoms with E-state index in [2.05, 4.69) is 103 Å². The molecule has 0 saturated heterocycles. The molecule has 0 aliphatic heterocycles. The van der Waals surface area contributed by atoms with E-state index in [9.17, 15) is 0 Å². The average Bonchev–Trinajstić information content (AvgIpc) is 2.71. The molecule has 1 heteroatoms. The first-order valence-electron chi connectivity index (χ1n) is 8.81. The van der Waals surface area contributed by atoms with Crippen LogP contribution in [0.25, 0.3) is 32.8 Å². The van der Waals surface area contributed by atoms with Gasteiger partial charge in [-0.1, -0.05) is 79.4 Å². The summed E-state index contributed by atoms with van der Waals surface area (Å²) in [5, 5.41) is 8.29. The Morgan fingerprint density at radius 2 is 1.19 bits per heavy atom. The number of allylic oxidation sites excluding steroid dienone is 2. The predicted molar refractivity (Wildman–Crippen MR) is 114 cm³/mol. The minimum atomic E-state index is 0.994. The topological polar surface area (TPSA) is 12.0 Å². The summed E-state index contributed by atoms with van der Waals surface area (Å²) in [6, 6.07) is 29.8. The lowest BCUT2D eigenvalue weighted by molar-refractivity contribution is 1.13. The van der Waals surface area contributed by atoms with Crippen LogP contribution in [-0.2, 0) is 0 Å². The van der Waals surface area contributed by atoms with E-state index in [-0.39, 0.29) is 0 Å². The van der Waals surface area contributed by atoms with Crippen LogP contribution in [-0.4, -0.2) is 7.05 Å². The molecule has 0 amide bonds. The number of hydrogen-bond donors (Lipinski definition) is 1. The first kappa shape index (κ1) is 16.2. The van der Waals surface area contributed by atoms with Crippen molar-refractivity contribution in [3.63, 3.8) is 0 Å². The fourth-order valence-electron chi connectivity index (χ4n) is 3.30. The van der Waals surface area contributed by atoms with Crippen molar-refractivity contribution in [1.29, 1.82) is 0 Å². The first-order valence-corrected chi connectivity index (χ1v) is 8.81. The molecule has 4 rings (SSSR count). The van der Waals surface area contributed by atoms with E-state index in [1.54, 1.807) is 0 Å². The number of rotatable bonds is 4. The molecule has 0 radical (unpaired) electrons. The van der Waals surface area contributed by atoms with Gasteiger partial charge in [-0.2, -0.15) is 0 Å². The van der Waals surface area contributed by atoms with Gasteiger partial charge in [-0.25, -0.2) is 0 Å². The van der Waals surface area contributed by atoms with E-state index in [0.717, 1.165) is 22.4 Å². The zero-order chi connectivity index (χ0) is 17.9. The van der Waals surface area contributed by atoms with Gasteiger partial charge in [0.05, 0.1) is 0 Å². The van der Waals surface area contributed by atoms with Crippen LogP contribution >= 0.6 is 0 Å². The molecule has 1 N–H and O–H groups in total. The normalized spacial score (nSPS) is 11.7. The van der Waals surface area contributed by atoms with Crippen LogP contribution in [0.15, 0.2) is 97.6 Å². The highest BCUT2D eigenvalue weighted by atomic mass is 14.8. The van der Waals surface area contributed by atoms with Crippen molar-refractivity contribution in [2.45, 2.75) is 0 Å². The molecule has 0 bridgehead atoms. The molecule has 0 saturated carbocycles. The maximum atomic E-state index is 4.29. The summed E-state index contributed by atoms with van der Waals surface area (Å²) in [5.74, 6) is 0. The largest absolute Gasteiger partial charge is 0.388 e. The highest BCUT2D eigenvalue weighted by molar-refractivity contribution is 5.91. The minimum absolute atomic E-state index is 0.994. The van der Waals surface area contributed by atoms with Crippen LogP contribution in [0.3, 0.4) is 0 Å². The number of benzene rings is 4. The van der Waals surface area contributed by atoms with Gasteiger partial charge in [0.15, 0.2) is 0 Å². The van der Waals surface area contributed by atoms with Gasteiger partial charge in [0.25, 0.3) is 0 Å². The summed E-state index contributed by atoms with van der Waals surface area (Å²) in [7, 11) is 1.95. The van der Waals surface area contributed by atoms with E-state index >= 15 is 0 Å². The highest BCUT2D eigenvalue weighted by Gasteiger charge is 2.04. The molecule has 0 heterocycles. The highest BCUT2D eigenvalue weighted by Crippen LogP contribution is 2.25. The van der Waals surface area contributed by atoms with Crippen molar-refractivity contribution in [3.8, 4) is 0 Å². The summed E-state index contributed by atoms with van der Waals surface area (Å²) in [6.07, 6.45) is 2.12. The fourth-order valence-corrected chi connectivity index (χ4v) is 3.30.